The third kappa shape index (κ3) is 2.34. The predicted molar refractivity (Wildman–Crippen MR) is 83.2 cm³/mol. The number of amides is 1. The van der Waals surface area contributed by atoms with Gasteiger partial charge in [0.2, 0.25) is 5.91 Å². The molecule has 0 radical (unpaired) electrons. The van der Waals surface area contributed by atoms with Gasteiger partial charge in [0.05, 0.1) is 11.7 Å². The van der Waals surface area contributed by atoms with Crippen LogP contribution in [0.1, 0.15) is 4.88 Å². The van der Waals surface area contributed by atoms with Crippen LogP contribution in [-0.2, 0) is 11.3 Å². The Hall–Kier alpha value is -2.47. The Labute approximate surface area is 124 Å². The van der Waals surface area contributed by atoms with Crippen molar-refractivity contribution in [2.24, 2.45) is 5.73 Å². The number of nitrogens with zero attached hydrogens (tertiary/aromatic N) is 2. The molecule has 1 aromatic carbocycles. The number of thiophene rings is 1. The number of nitrogens with two attached hydrogens (primary N) is 1. The Morgan fingerprint density at radius 2 is 2.05 bits per heavy atom. The van der Waals surface area contributed by atoms with Gasteiger partial charge >= 0.3 is 0 Å². The summed E-state index contributed by atoms with van der Waals surface area (Å²) in [6.45, 7) is 1.80. The van der Waals surface area contributed by atoms with Crippen molar-refractivity contribution < 1.29 is 4.79 Å². The summed E-state index contributed by atoms with van der Waals surface area (Å²) < 4.78 is 1.25. The lowest BCUT2D eigenvalue weighted by Crippen LogP contribution is -2.28. The Bertz CT molecular complexity index is 881. The van der Waals surface area contributed by atoms with E-state index in [2.05, 4.69) is 4.98 Å². The van der Waals surface area contributed by atoms with Gasteiger partial charge in [-0.3, -0.25) is 14.2 Å². The van der Waals surface area contributed by atoms with Crippen LogP contribution in [0.4, 0.5) is 0 Å². The van der Waals surface area contributed by atoms with Crippen LogP contribution in [0, 0.1) is 6.92 Å². The van der Waals surface area contributed by atoms with Crippen molar-refractivity contribution in [3.63, 3.8) is 0 Å². The number of benzene rings is 1. The van der Waals surface area contributed by atoms with E-state index in [-0.39, 0.29) is 12.1 Å². The van der Waals surface area contributed by atoms with E-state index in [9.17, 15) is 9.59 Å². The van der Waals surface area contributed by atoms with Gasteiger partial charge in [-0.15, -0.1) is 11.3 Å². The number of carbonyl (C=O) groups is 1. The smallest absolute Gasteiger partial charge is 0.263 e. The summed E-state index contributed by atoms with van der Waals surface area (Å²) in [7, 11) is 0. The van der Waals surface area contributed by atoms with Crippen molar-refractivity contribution >= 4 is 27.5 Å². The molecule has 106 valence electrons. The van der Waals surface area contributed by atoms with Crippen LogP contribution in [0.5, 0.6) is 0 Å². The molecule has 0 aliphatic heterocycles. The van der Waals surface area contributed by atoms with E-state index < -0.39 is 5.91 Å². The second-order valence-electron chi connectivity index (χ2n) is 4.72. The van der Waals surface area contributed by atoms with Crippen molar-refractivity contribution in [1.82, 2.24) is 9.55 Å². The minimum absolute atomic E-state index is 0.162. The molecular formula is C15H13N3O2S. The molecule has 3 aromatic rings. The zero-order chi connectivity index (χ0) is 15.0. The molecule has 1 amide bonds. The Balaban J connectivity index is 2.32. The molecule has 0 spiro atoms. The maximum atomic E-state index is 12.6. The summed E-state index contributed by atoms with van der Waals surface area (Å²) in [6.07, 6.45) is 1.38. The zero-order valence-corrected chi connectivity index (χ0v) is 12.2. The lowest BCUT2D eigenvalue weighted by atomic mass is 10.0. The number of aryl methyl sites for hydroxylation is 1. The first-order valence-electron chi connectivity index (χ1n) is 6.40. The second-order valence-corrected chi connectivity index (χ2v) is 5.93. The van der Waals surface area contributed by atoms with Gasteiger partial charge in [0.25, 0.3) is 5.56 Å². The molecule has 0 aliphatic carbocycles. The van der Waals surface area contributed by atoms with Gasteiger partial charge in [0.1, 0.15) is 11.4 Å². The quantitative estimate of drug-likeness (QED) is 0.802. The Kier molecular flexibility index (Phi) is 3.31. The highest BCUT2D eigenvalue weighted by Crippen LogP contribution is 2.35. The van der Waals surface area contributed by atoms with Gasteiger partial charge in [-0.2, -0.15) is 0 Å². The molecule has 2 heterocycles. The summed E-state index contributed by atoms with van der Waals surface area (Å²) in [6, 6.07) is 9.70. The van der Waals surface area contributed by atoms with Gasteiger partial charge in [-0.1, -0.05) is 30.3 Å². The molecule has 21 heavy (non-hydrogen) atoms. The minimum Gasteiger partial charge on any atom is -0.368 e. The van der Waals surface area contributed by atoms with E-state index in [0.29, 0.717) is 10.2 Å². The van der Waals surface area contributed by atoms with Crippen LogP contribution in [0.3, 0.4) is 0 Å². The molecule has 5 nitrogen and oxygen atoms in total. The maximum absolute atomic E-state index is 12.6. The zero-order valence-electron chi connectivity index (χ0n) is 11.4. The standard InChI is InChI=1S/C15H13N3O2S/c1-9-12(10-5-3-2-4-6-10)13-14(21-9)17-8-18(15(13)20)7-11(16)19/h2-6,8H,7H2,1H3,(H2,16,19). The highest BCUT2D eigenvalue weighted by atomic mass is 32.1. The summed E-state index contributed by atoms with van der Waals surface area (Å²) in [5, 5.41) is 0.549. The van der Waals surface area contributed by atoms with Gasteiger partial charge in [-0.05, 0) is 12.5 Å². The second kappa shape index (κ2) is 5.14. The van der Waals surface area contributed by atoms with E-state index in [0.717, 1.165) is 16.0 Å². The van der Waals surface area contributed by atoms with Crippen molar-refractivity contribution in [2.45, 2.75) is 13.5 Å². The molecule has 2 N–H and O–H groups in total. The first-order valence-corrected chi connectivity index (χ1v) is 7.22. The first-order chi connectivity index (χ1) is 10.1. The summed E-state index contributed by atoms with van der Waals surface area (Å²) in [4.78, 5) is 29.6. The highest BCUT2D eigenvalue weighted by molar-refractivity contribution is 7.19. The number of hydrogen-bond donors (Lipinski definition) is 1. The van der Waals surface area contributed by atoms with Crippen LogP contribution in [0.25, 0.3) is 21.3 Å². The molecule has 0 atom stereocenters. The normalized spacial score (nSPS) is 10.9. The summed E-state index contributed by atoms with van der Waals surface area (Å²) in [5.41, 5.74) is 6.78. The monoisotopic (exact) mass is 299 g/mol. The highest BCUT2D eigenvalue weighted by Gasteiger charge is 2.17. The molecule has 3 rings (SSSR count). The van der Waals surface area contributed by atoms with Crippen LogP contribution < -0.4 is 11.3 Å². The van der Waals surface area contributed by atoms with Gasteiger partial charge in [0, 0.05) is 10.4 Å². The fourth-order valence-electron chi connectivity index (χ4n) is 2.37. The lowest BCUT2D eigenvalue weighted by molar-refractivity contribution is -0.118. The largest absolute Gasteiger partial charge is 0.368 e. The van der Waals surface area contributed by atoms with E-state index in [1.54, 1.807) is 0 Å². The van der Waals surface area contributed by atoms with Gasteiger partial charge < -0.3 is 5.73 Å². The molecule has 0 fully saturated rings. The van der Waals surface area contributed by atoms with Crippen molar-refractivity contribution in [2.75, 3.05) is 0 Å². The third-order valence-electron chi connectivity index (χ3n) is 3.24. The summed E-state index contributed by atoms with van der Waals surface area (Å²) in [5.74, 6) is -0.563. The number of fused-ring (bicyclic) bond motifs is 1. The van der Waals surface area contributed by atoms with E-state index >= 15 is 0 Å². The fourth-order valence-corrected chi connectivity index (χ4v) is 3.37. The minimum atomic E-state index is -0.563. The average molecular weight is 299 g/mol. The van der Waals surface area contributed by atoms with Crippen molar-refractivity contribution in [3.8, 4) is 11.1 Å². The van der Waals surface area contributed by atoms with Gasteiger partial charge in [-0.25, -0.2) is 4.98 Å². The number of rotatable bonds is 3. The molecule has 6 heteroatoms. The molecule has 0 unspecified atom stereocenters. The van der Waals surface area contributed by atoms with Gasteiger partial charge in [0.15, 0.2) is 0 Å². The van der Waals surface area contributed by atoms with Crippen molar-refractivity contribution in [3.05, 3.63) is 51.9 Å². The number of aromatic nitrogens is 2. The van der Waals surface area contributed by atoms with Crippen LogP contribution >= 0.6 is 11.3 Å². The molecule has 0 aliphatic rings. The maximum Gasteiger partial charge on any atom is 0.263 e. The van der Waals surface area contributed by atoms with Crippen molar-refractivity contribution in [1.29, 1.82) is 0 Å². The van der Waals surface area contributed by atoms with Crippen LogP contribution in [0.2, 0.25) is 0 Å². The number of hydrogen-bond acceptors (Lipinski definition) is 4. The Morgan fingerprint density at radius 3 is 2.71 bits per heavy atom. The third-order valence-corrected chi connectivity index (χ3v) is 4.26. The number of carbonyl (C=O) groups excluding carboxylic acids is 1. The first kappa shape index (κ1) is 13.5. The Morgan fingerprint density at radius 1 is 1.33 bits per heavy atom. The fraction of sp³-hybridized carbons (Fsp3) is 0.133. The lowest BCUT2D eigenvalue weighted by Gasteiger charge is -2.04. The average Bonchev–Trinajstić information content (AvgIpc) is 2.79. The predicted octanol–water partition coefficient (Wildman–Crippen LogP) is 1.92. The van der Waals surface area contributed by atoms with Crippen LogP contribution in [-0.4, -0.2) is 15.5 Å². The topological polar surface area (TPSA) is 78.0 Å². The summed E-state index contributed by atoms with van der Waals surface area (Å²) >= 11 is 1.47. The molecule has 0 saturated heterocycles. The molecule has 0 bridgehead atoms. The van der Waals surface area contributed by atoms with Crippen LogP contribution in [0.15, 0.2) is 41.5 Å². The van der Waals surface area contributed by atoms with E-state index in [4.69, 9.17) is 5.73 Å². The molecule has 0 saturated carbocycles. The van der Waals surface area contributed by atoms with E-state index in [1.165, 1.54) is 22.2 Å². The number of primary amides is 1. The SMILES string of the molecule is Cc1sc2ncn(CC(N)=O)c(=O)c2c1-c1ccccc1. The van der Waals surface area contributed by atoms with E-state index in [1.807, 2.05) is 37.3 Å². The molecule has 2 aromatic heterocycles. The molecular weight excluding hydrogens is 286 g/mol.